The van der Waals surface area contributed by atoms with Crippen LogP contribution in [0.25, 0.3) is 11.3 Å². The third-order valence-electron chi connectivity index (χ3n) is 8.38. The molecule has 0 saturated heterocycles. The molecule has 0 aliphatic heterocycles. The van der Waals surface area contributed by atoms with Gasteiger partial charge in [-0.05, 0) is 107 Å². The van der Waals surface area contributed by atoms with Crippen molar-refractivity contribution in [3.05, 3.63) is 106 Å². The van der Waals surface area contributed by atoms with Gasteiger partial charge in [-0.25, -0.2) is 14.6 Å². The number of alkyl carbamates (subject to hydrolysis) is 1. The monoisotopic (exact) mass is 711 g/mol. The highest BCUT2D eigenvalue weighted by Crippen LogP contribution is 2.29. The van der Waals surface area contributed by atoms with Crippen LogP contribution in [0.15, 0.2) is 66.9 Å². The molecular weight excluding hydrogens is 662 g/mol. The number of amides is 3. The Balaban J connectivity index is 1.81. The van der Waals surface area contributed by atoms with Crippen molar-refractivity contribution in [1.29, 1.82) is 0 Å². The van der Waals surface area contributed by atoms with Crippen LogP contribution in [0.2, 0.25) is 0 Å². The van der Waals surface area contributed by atoms with Crippen LogP contribution in [0.5, 0.6) is 5.75 Å². The first-order valence-electron chi connectivity index (χ1n) is 17.2. The first kappa shape index (κ1) is 39.1. The molecule has 0 saturated carbocycles. The Labute approximate surface area is 305 Å². The summed E-state index contributed by atoms with van der Waals surface area (Å²) < 4.78 is 16.5. The fourth-order valence-corrected chi connectivity index (χ4v) is 5.87. The van der Waals surface area contributed by atoms with Gasteiger partial charge < -0.3 is 35.1 Å². The average molecular weight is 712 g/mol. The summed E-state index contributed by atoms with van der Waals surface area (Å²) in [6, 6.07) is 16.3. The highest BCUT2D eigenvalue weighted by molar-refractivity contribution is 5.94. The summed E-state index contributed by atoms with van der Waals surface area (Å²) in [5.41, 5.74) is 9.83. The first-order chi connectivity index (χ1) is 24.5. The van der Waals surface area contributed by atoms with Crippen LogP contribution in [0.4, 0.5) is 4.79 Å². The number of carbonyl (C=O) groups is 4. The second-order valence-electron chi connectivity index (χ2n) is 14.0. The summed E-state index contributed by atoms with van der Waals surface area (Å²) in [6.45, 7) is 14.2. The fraction of sp³-hybridized carbons (Fsp3) is 0.375. The Bertz CT molecular complexity index is 1890. The number of esters is 1. The molecule has 3 aromatic carbocycles. The van der Waals surface area contributed by atoms with Gasteiger partial charge in [0.05, 0.1) is 31.1 Å². The van der Waals surface area contributed by atoms with E-state index in [4.69, 9.17) is 19.9 Å². The molecule has 0 spiro atoms. The zero-order chi connectivity index (χ0) is 38.3. The topological polar surface area (TPSA) is 166 Å². The van der Waals surface area contributed by atoms with Crippen LogP contribution in [-0.4, -0.2) is 63.6 Å². The number of nitrogens with two attached hydrogens (primary N) is 1. The SMILES string of the molecule is COc1ccc(CN(C(=O)[C@H](Cc2c(C)cc(C(N)=O)cc2C)NC(=O)OC(C)(C)C)[C@@H](C)c2ncc(-c3ccccc3)[nH]2)cc1C(=O)OC(C)C. The molecule has 3 amide bonds. The van der Waals surface area contributed by atoms with E-state index in [9.17, 15) is 19.2 Å². The lowest BCUT2D eigenvalue weighted by Crippen LogP contribution is -2.51. The summed E-state index contributed by atoms with van der Waals surface area (Å²) in [7, 11) is 1.47. The van der Waals surface area contributed by atoms with Crippen molar-refractivity contribution in [3.8, 4) is 17.0 Å². The van der Waals surface area contributed by atoms with Gasteiger partial charge in [0.2, 0.25) is 11.8 Å². The van der Waals surface area contributed by atoms with E-state index in [1.807, 2.05) is 51.1 Å². The number of nitrogens with zero attached hydrogens (tertiary/aromatic N) is 2. The number of aryl methyl sites for hydroxylation is 2. The number of ether oxygens (including phenoxy) is 3. The predicted octanol–water partition coefficient (Wildman–Crippen LogP) is 6.59. The number of nitrogens with one attached hydrogen (secondary N) is 2. The van der Waals surface area contributed by atoms with Crippen LogP contribution in [-0.2, 0) is 27.2 Å². The van der Waals surface area contributed by atoms with Crippen molar-refractivity contribution in [2.75, 3.05) is 7.11 Å². The van der Waals surface area contributed by atoms with E-state index in [-0.39, 0.29) is 24.6 Å². The molecule has 0 radical (unpaired) electrons. The van der Waals surface area contributed by atoms with E-state index < -0.39 is 41.6 Å². The van der Waals surface area contributed by atoms with Gasteiger partial charge in [-0.3, -0.25) is 9.59 Å². The zero-order valence-corrected chi connectivity index (χ0v) is 31.3. The number of hydrogen-bond acceptors (Lipinski definition) is 8. The normalized spacial score (nSPS) is 12.5. The van der Waals surface area contributed by atoms with Crippen molar-refractivity contribution in [3.63, 3.8) is 0 Å². The summed E-state index contributed by atoms with van der Waals surface area (Å²) >= 11 is 0. The first-order valence-corrected chi connectivity index (χ1v) is 17.2. The number of benzene rings is 3. The van der Waals surface area contributed by atoms with Crippen molar-refractivity contribution >= 4 is 23.9 Å². The number of methoxy groups -OCH3 is 1. The second-order valence-corrected chi connectivity index (χ2v) is 14.0. The summed E-state index contributed by atoms with van der Waals surface area (Å²) in [4.78, 5) is 62.9. The number of aromatic amines is 1. The van der Waals surface area contributed by atoms with Gasteiger partial charge in [-0.15, -0.1) is 0 Å². The number of rotatable bonds is 13. The minimum atomic E-state index is -1.11. The molecule has 1 aromatic heterocycles. The van der Waals surface area contributed by atoms with Crippen LogP contribution in [0.3, 0.4) is 0 Å². The molecule has 1 heterocycles. The highest BCUT2D eigenvalue weighted by atomic mass is 16.6. The van der Waals surface area contributed by atoms with Gasteiger partial charge in [0.1, 0.15) is 28.8 Å². The van der Waals surface area contributed by atoms with E-state index in [2.05, 4.69) is 15.3 Å². The molecule has 4 N–H and O–H groups in total. The largest absolute Gasteiger partial charge is 0.496 e. The molecule has 0 aliphatic carbocycles. The maximum Gasteiger partial charge on any atom is 0.408 e. The minimum Gasteiger partial charge on any atom is -0.496 e. The molecular formula is C40H49N5O7. The van der Waals surface area contributed by atoms with Crippen LogP contribution in [0, 0.1) is 13.8 Å². The molecule has 0 unspecified atom stereocenters. The third kappa shape index (κ3) is 9.99. The van der Waals surface area contributed by atoms with Gasteiger partial charge in [-0.1, -0.05) is 36.4 Å². The maximum atomic E-state index is 15.0. The molecule has 0 fully saturated rings. The van der Waals surface area contributed by atoms with E-state index in [1.54, 1.807) is 76.0 Å². The van der Waals surface area contributed by atoms with Gasteiger partial charge in [0.15, 0.2) is 0 Å². The molecule has 2 atom stereocenters. The molecule has 0 bridgehead atoms. The molecule has 52 heavy (non-hydrogen) atoms. The highest BCUT2D eigenvalue weighted by Gasteiger charge is 2.34. The summed E-state index contributed by atoms with van der Waals surface area (Å²) in [5.74, 6) is -0.728. The Morgan fingerprint density at radius 2 is 1.62 bits per heavy atom. The minimum absolute atomic E-state index is 0.0262. The number of imidazole rings is 1. The van der Waals surface area contributed by atoms with E-state index in [0.29, 0.717) is 22.7 Å². The maximum absolute atomic E-state index is 15.0. The van der Waals surface area contributed by atoms with Crippen molar-refractivity contribution in [2.24, 2.45) is 5.73 Å². The quantitative estimate of drug-likeness (QED) is 0.131. The van der Waals surface area contributed by atoms with E-state index >= 15 is 0 Å². The Morgan fingerprint density at radius 1 is 0.962 bits per heavy atom. The molecule has 0 aliphatic rings. The number of hydrogen-bond donors (Lipinski definition) is 3. The van der Waals surface area contributed by atoms with Crippen molar-refractivity contribution < 1.29 is 33.4 Å². The zero-order valence-electron chi connectivity index (χ0n) is 31.3. The fourth-order valence-electron chi connectivity index (χ4n) is 5.87. The molecule has 12 heteroatoms. The molecule has 4 rings (SSSR count). The molecule has 4 aromatic rings. The number of H-pyrrole nitrogens is 1. The van der Waals surface area contributed by atoms with Crippen LogP contribution >= 0.6 is 0 Å². The smallest absolute Gasteiger partial charge is 0.408 e. The number of carbonyl (C=O) groups excluding carboxylic acids is 4. The Morgan fingerprint density at radius 3 is 2.19 bits per heavy atom. The molecule has 276 valence electrons. The molecule has 12 nitrogen and oxygen atoms in total. The lowest BCUT2D eigenvalue weighted by atomic mass is 9.93. The standard InChI is InChI=1S/C40H49N5O7/c1-23(2)51-38(48)31-19-27(15-16-34(31)50-9)22-45(26(5)36-42-21-33(43-36)28-13-11-10-12-14-28)37(47)32(44-39(49)52-40(6,7)8)20-30-24(3)17-29(35(41)46)18-25(30)4/h10-19,21,23,26,32H,20,22H2,1-9H3,(H2,41,46)(H,42,43)(H,44,49)/t26-,32-/m0/s1. The Hall–Kier alpha value is -5.65. The van der Waals surface area contributed by atoms with Crippen molar-refractivity contribution in [2.45, 2.75) is 92.1 Å². The number of primary amides is 1. The predicted molar refractivity (Wildman–Crippen MR) is 198 cm³/mol. The van der Waals surface area contributed by atoms with Crippen molar-refractivity contribution in [1.82, 2.24) is 20.2 Å². The number of aromatic nitrogens is 2. The summed E-state index contributed by atoms with van der Waals surface area (Å²) in [5, 5.41) is 2.82. The van der Waals surface area contributed by atoms with E-state index in [0.717, 1.165) is 27.9 Å². The lowest BCUT2D eigenvalue weighted by Gasteiger charge is -2.33. The second kappa shape index (κ2) is 16.6. The Kier molecular flexibility index (Phi) is 12.5. The van der Waals surface area contributed by atoms with Gasteiger partial charge >= 0.3 is 12.1 Å². The lowest BCUT2D eigenvalue weighted by molar-refractivity contribution is -0.136. The van der Waals surface area contributed by atoms with Crippen LogP contribution < -0.4 is 15.8 Å². The average Bonchev–Trinajstić information content (AvgIpc) is 3.57. The van der Waals surface area contributed by atoms with Crippen LogP contribution in [0.1, 0.15) is 96.4 Å². The third-order valence-corrected chi connectivity index (χ3v) is 8.38. The van der Waals surface area contributed by atoms with Gasteiger partial charge in [-0.2, -0.15) is 0 Å². The summed E-state index contributed by atoms with van der Waals surface area (Å²) in [6.07, 6.45) is 0.663. The van der Waals surface area contributed by atoms with E-state index in [1.165, 1.54) is 7.11 Å². The van der Waals surface area contributed by atoms with Gasteiger partial charge in [0.25, 0.3) is 0 Å². The van der Waals surface area contributed by atoms with Gasteiger partial charge in [0, 0.05) is 18.5 Å².